The van der Waals surface area contributed by atoms with Crippen LogP contribution in [0.3, 0.4) is 0 Å². The van der Waals surface area contributed by atoms with Crippen LogP contribution in [0.1, 0.15) is 5.56 Å². The molecular formula is C13H18N2O3. The molecule has 0 atom stereocenters. The van der Waals surface area contributed by atoms with Gasteiger partial charge in [-0.25, -0.2) is 4.79 Å². The van der Waals surface area contributed by atoms with Gasteiger partial charge in [0.1, 0.15) is 0 Å². The molecule has 18 heavy (non-hydrogen) atoms. The molecule has 0 saturated carbocycles. The second kappa shape index (κ2) is 5.84. The number of rotatable bonds is 6. The first kappa shape index (κ1) is 12.9. The van der Waals surface area contributed by atoms with Crippen molar-refractivity contribution in [3.8, 4) is 0 Å². The average Bonchev–Trinajstić information content (AvgIpc) is 2.65. The molecule has 98 valence electrons. The summed E-state index contributed by atoms with van der Waals surface area (Å²) < 4.78 is 12.1. The molecule has 0 saturated heterocycles. The molecular weight excluding hydrogens is 232 g/mol. The number of ether oxygens (including phenoxy) is 1. The largest absolute Gasteiger partial charge is 0.419 e. The lowest BCUT2D eigenvalue weighted by atomic mass is 10.1. The molecule has 0 fully saturated rings. The maximum absolute atomic E-state index is 11.3. The summed E-state index contributed by atoms with van der Waals surface area (Å²) in [5, 5.41) is 3.02. The minimum Gasteiger partial charge on any atom is -0.408 e. The van der Waals surface area contributed by atoms with Crippen LogP contribution in [0.25, 0.3) is 11.1 Å². The monoisotopic (exact) mass is 250 g/mol. The lowest BCUT2D eigenvalue weighted by molar-refractivity contribution is 0.140. The quantitative estimate of drug-likeness (QED) is 0.774. The highest BCUT2D eigenvalue weighted by molar-refractivity contribution is 5.73. The lowest BCUT2D eigenvalue weighted by Crippen LogP contribution is -2.15. The van der Waals surface area contributed by atoms with Crippen LogP contribution in [0.2, 0.25) is 0 Å². The van der Waals surface area contributed by atoms with Crippen molar-refractivity contribution < 1.29 is 9.15 Å². The third kappa shape index (κ3) is 2.80. The van der Waals surface area contributed by atoms with E-state index in [0.717, 1.165) is 24.0 Å². The molecule has 0 aliphatic heterocycles. The van der Waals surface area contributed by atoms with Crippen LogP contribution in [0.5, 0.6) is 0 Å². The van der Waals surface area contributed by atoms with Gasteiger partial charge < -0.3 is 14.5 Å². The zero-order chi connectivity index (χ0) is 13.0. The molecule has 2 rings (SSSR count). The van der Waals surface area contributed by atoms with Crippen LogP contribution in [0, 0.1) is 0 Å². The molecule has 1 aromatic heterocycles. The number of benzene rings is 1. The maximum atomic E-state index is 11.3. The fourth-order valence-corrected chi connectivity index (χ4v) is 1.80. The Labute approximate surface area is 105 Å². The van der Waals surface area contributed by atoms with Gasteiger partial charge >= 0.3 is 5.76 Å². The van der Waals surface area contributed by atoms with Crippen LogP contribution < -0.4 is 11.1 Å². The summed E-state index contributed by atoms with van der Waals surface area (Å²) in [6.45, 7) is 2.23. The van der Waals surface area contributed by atoms with Crippen LogP contribution in [0.4, 0.5) is 0 Å². The summed E-state index contributed by atoms with van der Waals surface area (Å²) in [5.41, 5.74) is 2.57. The molecule has 1 heterocycles. The van der Waals surface area contributed by atoms with Gasteiger partial charge in [-0.1, -0.05) is 6.07 Å². The standard InChI is InChI=1S/C13H18N2O3/c1-14-6-8-17-7-5-10-3-4-11-12(9-10)18-13(16)15(11)2/h3-4,9,14H,5-8H2,1-2H3. The molecule has 5 heteroatoms. The summed E-state index contributed by atoms with van der Waals surface area (Å²) >= 11 is 0. The second-order valence-electron chi connectivity index (χ2n) is 4.19. The second-order valence-corrected chi connectivity index (χ2v) is 4.19. The van der Waals surface area contributed by atoms with Crippen LogP contribution in [0.15, 0.2) is 27.4 Å². The molecule has 0 amide bonds. The molecule has 1 N–H and O–H groups in total. The van der Waals surface area contributed by atoms with E-state index in [1.807, 2.05) is 25.2 Å². The number of nitrogens with zero attached hydrogens (tertiary/aromatic N) is 1. The number of aromatic nitrogens is 1. The van der Waals surface area contributed by atoms with E-state index >= 15 is 0 Å². The maximum Gasteiger partial charge on any atom is 0.419 e. The van der Waals surface area contributed by atoms with Crippen molar-refractivity contribution in [1.82, 2.24) is 9.88 Å². The molecule has 0 bridgehead atoms. The third-order valence-corrected chi connectivity index (χ3v) is 2.89. The van der Waals surface area contributed by atoms with Crippen molar-refractivity contribution >= 4 is 11.1 Å². The zero-order valence-corrected chi connectivity index (χ0v) is 10.7. The number of aryl methyl sites for hydroxylation is 1. The summed E-state index contributed by atoms with van der Waals surface area (Å²) in [4.78, 5) is 11.3. The van der Waals surface area contributed by atoms with E-state index in [1.165, 1.54) is 4.57 Å². The van der Waals surface area contributed by atoms with Gasteiger partial charge in [0.25, 0.3) is 0 Å². The van der Waals surface area contributed by atoms with Crippen molar-refractivity contribution in [3.05, 3.63) is 34.3 Å². The van der Waals surface area contributed by atoms with Gasteiger partial charge in [-0.2, -0.15) is 0 Å². The number of hydrogen-bond acceptors (Lipinski definition) is 4. The molecule has 0 unspecified atom stereocenters. The van der Waals surface area contributed by atoms with Crippen LogP contribution in [-0.2, 0) is 18.2 Å². The van der Waals surface area contributed by atoms with Gasteiger partial charge in [0.05, 0.1) is 18.7 Å². The van der Waals surface area contributed by atoms with E-state index in [0.29, 0.717) is 18.8 Å². The Kier molecular flexibility index (Phi) is 4.17. The fraction of sp³-hybridized carbons (Fsp3) is 0.462. The van der Waals surface area contributed by atoms with E-state index in [9.17, 15) is 4.79 Å². The van der Waals surface area contributed by atoms with Crippen molar-refractivity contribution in [2.45, 2.75) is 6.42 Å². The summed E-state index contributed by atoms with van der Waals surface area (Å²) in [6, 6.07) is 5.81. The minimum absolute atomic E-state index is 0.326. The molecule has 0 radical (unpaired) electrons. The molecule has 2 aromatic rings. The van der Waals surface area contributed by atoms with Gasteiger partial charge in [-0.3, -0.25) is 4.57 Å². The predicted octanol–water partition coefficient (Wildman–Crippen LogP) is 0.910. The summed E-state index contributed by atoms with van der Waals surface area (Å²) in [6.07, 6.45) is 0.818. The predicted molar refractivity (Wildman–Crippen MR) is 69.9 cm³/mol. The molecule has 0 spiro atoms. The number of oxazole rings is 1. The first-order valence-corrected chi connectivity index (χ1v) is 6.03. The first-order valence-electron chi connectivity index (χ1n) is 6.03. The smallest absolute Gasteiger partial charge is 0.408 e. The first-order chi connectivity index (χ1) is 8.72. The van der Waals surface area contributed by atoms with Crippen molar-refractivity contribution in [1.29, 1.82) is 0 Å². The topological polar surface area (TPSA) is 56.4 Å². The molecule has 0 aliphatic carbocycles. The van der Waals surface area contributed by atoms with Gasteiger partial charge in [0, 0.05) is 13.6 Å². The van der Waals surface area contributed by atoms with Crippen LogP contribution in [-0.4, -0.2) is 31.4 Å². The number of nitrogens with one attached hydrogen (secondary N) is 1. The van der Waals surface area contributed by atoms with Gasteiger partial charge in [-0.05, 0) is 31.2 Å². The van der Waals surface area contributed by atoms with E-state index in [-0.39, 0.29) is 5.76 Å². The Hall–Kier alpha value is -1.59. The third-order valence-electron chi connectivity index (χ3n) is 2.89. The summed E-state index contributed by atoms with van der Waals surface area (Å²) in [5.74, 6) is -0.326. The molecule has 5 nitrogen and oxygen atoms in total. The van der Waals surface area contributed by atoms with E-state index in [4.69, 9.17) is 9.15 Å². The average molecular weight is 250 g/mol. The fourth-order valence-electron chi connectivity index (χ4n) is 1.80. The van der Waals surface area contributed by atoms with E-state index < -0.39 is 0 Å². The van der Waals surface area contributed by atoms with Crippen LogP contribution >= 0.6 is 0 Å². The van der Waals surface area contributed by atoms with E-state index in [1.54, 1.807) is 7.05 Å². The highest BCUT2D eigenvalue weighted by Crippen LogP contribution is 2.14. The Morgan fingerprint density at radius 2 is 2.22 bits per heavy atom. The number of likely N-dealkylation sites (N-methyl/N-ethyl adjacent to an activating group) is 1. The Balaban J connectivity index is 2.00. The Bertz CT molecular complexity index is 571. The SMILES string of the molecule is CNCCOCCc1ccc2c(c1)oc(=O)n2C. The Morgan fingerprint density at radius 1 is 1.39 bits per heavy atom. The van der Waals surface area contributed by atoms with Crippen molar-refractivity contribution in [2.75, 3.05) is 26.8 Å². The minimum atomic E-state index is -0.326. The lowest BCUT2D eigenvalue weighted by Gasteiger charge is -2.04. The van der Waals surface area contributed by atoms with Gasteiger partial charge in [-0.15, -0.1) is 0 Å². The normalized spacial score (nSPS) is 11.2. The zero-order valence-electron chi connectivity index (χ0n) is 10.7. The highest BCUT2D eigenvalue weighted by Gasteiger charge is 2.06. The summed E-state index contributed by atoms with van der Waals surface area (Å²) in [7, 11) is 3.60. The van der Waals surface area contributed by atoms with Crippen molar-refractivity contribution in [2.24, 2.45) is 7.05 Å². The number of fused-ring (bicyclic) bond motifs is 1. The van der Waals surface area contributed by atoms with Gasteiger partial charge in [0.15, 0.2) is 5.58 Å². The number of hydrogen-bond donors (Lipinski definition) is 1. The highest BCUT2D eigenvalue weighted by atomic mass is 16.5. The Morgan fingerprint density at radius 3 is 3.00 bits per heavy atom. The van der Waals surface area contributed by atoms with Crippen molar-refractivity contribution in [3.63, 3.8) is 0 Å². The van der Waals surface area contributed by atoms with Gasteiger partial charge in [0.2, 0.25) is 0 Å². The molecule has 0 aliphatic rings. The van der Waals surface area contributed by atoms with E-state index in [2.05, 4.69) is 5.32 Å². The molecule has 1 aromatic carbocycles.